The van der Waals surface area contributed by atoms with E-state index in [0.717, 1.165) is 15.6 Å². The van der Waals surface area contributed by atoms with Gasteiger partial charge in [-0.15, -0.1) is 0 Å². The third kappa shape index (κ3) is 3.05. The quantitative estimate of drug-likeness (QED) is 0.674. The molecule has 2 aromatic carbocycles. The van der Waals surface area contributed by atoms with Crippen LogP contribution in [-0.4, -0.2) is 21.0 Å². The van der Waals surface area contributed by atoms with Crippen LogP contribution in [0, 0.1) is 0 Å². The number of nitrogens with one attached hydrogen (secondary N) is 2. The smallest absolute Gasteiger partial charge is 0.335 e. The Labute approximate surface area is 129 Å². The molecule has 1 aromatic heterocycles. The van der Waals surface area contributed by atoms with E-state index in [0.29, 0.717) is 18.0 Å². The van der Waals surface area contributed by atoms with Gasteiger partial charge in [0.1, 0.15) is 0 Å². The van der Waals surface area contributed by atoms with Crippen LogP contribution < -0.4 is 5.32 Å². The van der Waals surface area contributed by atoms with Gasteiger partial charge in [0.05, 0.1) is 16.6 Å². The molecule has 0 amide bonds. The molecule has 0 spiro atoms. The fraction of sp³-hybridized carbons (Fsp3) is 0.0667. The number of fused-ring (bicyclic) bond motifs is 1. The molecule has 0 saturated heterocycles. The molecule has 0 aliphatic heterocycles. The minimum atomic E-state index is -0.949. The predicted molar refractivity (Wildman–Crippen MR) is 84.5 cm³/mol. The molecular weight excluding hydrogens is 334 g/mol. The molecular formula is C15H12BrN3O2. The normalized spacial score (nSPS) is 10.7. The number of hydrogen-bond acceptors (Lipinski definition) is 3. The highest BCUT2D eigenvalue weighted by Crippen LogP contribution is 2.17. The topological polar surface area (TPSA) is 78.0 Å². The molecule has 0 fully saturated rings. The van der Waals surface area contributed by atoms with Crippen LogP contribution in [0.4, 0.5) is 5.95 Å². The summed E-state index contributed by atoms with van der Waals surface area (Å²) < 4.78 is 1.03. The molecule has 0 atom stereocenters. The summed E-state index contributed by atoms with van der Waals surface area (Å²) in [5.74, 6) is -0.331. The number of aromatic nitrogens is 2. The van der Waals surface area contributed by atoms with Crippen LogP contribution in [0.5, 0.6) is 0 Å². The Bertz CT molecular complexity index is 814. The molecule has 3 aromatic rings. The molecule has 0 aliphatic rings. The van der Waals surface area contributed by atoms with Crippen molar-refractivity contribution in [3.05, 3.63) is 58.1 Å². The van der Waals surface area contributed by atoms with E-state index in [9.17, 15) is 4.79 Å². The molecule has 21 heavy (non-hydrogen) atoms. The highest BCUT2D eigenvalue weighted by molar-refractivity contribution is 9.10. The SMILES string of the molecule is O=C(O)c1ccc2nc(NCc3cccc(Br)c3)[nH]c2c1. The highest BCUT2D eigenvalue weighted by atomic mass is 79.9. The molecule has 0 aliphatic carbocycles. The second-order valence-electron chi connectivity index (χ2n) is 4.61. The van der Waals surface area contributed by atoms with Gasteiger partial charge < -0.3 is 15.4 Å². The first-order valence-corrected chi connectivity index (χ1v) is 7.12. The number of hydrogen-bond donors (Lipinski definition) is 3. The van der Waals surface area contributed by atoms with Gasteiger partial charge in [0, 0.05) is 11.0 Å². The molecule has 1 heterocycles. The van der Waals surface area contributed by atoms with Crippen LogP contribution in [0.2, 0.25) is 0 Å². The van der Waals surface area contributed by atoms with Crippen molar-refractivity contribution in [2.75, 3.05) is 5.32 Å². The summed E-state index contributed by atoms with van der Waals surface area (Å²) in [4.78, 5) is 18.4. The van der Waals surface area contributed by atoms with Crippen LogP contribution >= 0.6 is 15.9 Å². The summed E-state index contributed by atoms with van der Waals surface area (Å²) >= 11 is 3.43. The number of nitrogens with zero attached hydrogens (tertiary/aromatic N) is 1. The van der Waals surface area contributed by atoms with Crippen LogP contribution in [0.25, 0.3) is 11.0 Å². The van der Waals surface area contributed by atoms with Gasteiger partial charge in [-0.05, 0) is 35.9 Å². The first kappa shape index (κ1) is 13.6. The summed E-state index contributed by atoms with van der Waals surface area (Å²) in [6.45, 7) is 0.630. The zero-order valence-corrected chi connectivity index (χ0v) is 12.5. The van der Waals surface area contributed by atoms with Crippen molar-refractivity contribution in [2.45, 2.75) is 6.54 Å². The molecule has 0 saturated carbocycles. The van der Waals surface area contributed by atoms with E-state index in [1.165, 1.54) is 0 Å². The minimum Gasteiger partial charge on any atom is -0.478 e. The number of halogens is 1. The number of imidazole rings is 1. The molecule has 3 rings (SSSR count). The average molecular weight is 346 g/mol. The van der Waals surface area contributed by atoms with E-state index in [4.69, 9.17) is 5.11 Å². The van der Waals surface area contributed by atoms with Crippen molar-refractivity contribution in [1.29, 1.82) is 0 Å². The predicted octanol–water partition coefficient (Wildman–Crippen LogP) is 3.64. The van der Waals surface area contributed by atoms with E-state index in [1.807, 2.05) is 24.3 Å². The van der Waals surface area contributed by atoms with E-state index >= 15 is 0 Å². The average Bonchev–Trinajstić information content (AvgIpc) is 2.87. The van der Waals surface area contributed by atoms with Gasteiger partial charge in [0.15, 0.2) is 0 Å². The van der Waals surface area contributed by atoms with Gasteiger partial charge in [-0.2, -0.15) is 0 Å². The van der Waals surface area contributed by atoms with Crippen molar-refractivity contribution in [2.24, 2.45) is 0 Å². The maximum absolute atomic E-state index is 10.9. The zero-order valence-electron chi connectivity index (χ0n) is 10.9. The highest BCUT2D eigenvalue weighted by Gasteiger charge is 2.07. The summed E-state index contributed by atoms with van der Waals surface area (Å²) in [5, 5.41) is 12.2. The van der Waals surface area contributed by atoms with Gasteiger partial charge in [0.2, 0.25) is 5.95 Å². The number of rotatable bonds is 4. The van der Waals surface area contributed by atoms with Crippen molar-refractivity contribution in [3.63, 3.8) is 0 Å². The van der Waals surface area contributed by atoms with E-state index in [2.05, 4.69) is 31.2 Å². The summed E-state index contributed by atoms with van der Waals surface area (Å²) in [6.07, 6.45) is 0. The first-order valence-electron chi connectivity index (χ1n) is 6.33. The third-order valence-corrected chi connectivity index (χ3v) is 3.57. The minimum absolute atomic E-state index is 0.240. The number of anilines is 1. The Morgan fingerprint density at radius 2 is 2.14 bits per heavy atom. The molecule has 6 heteroatoms. The summed E-state index contributed by atoms with van der Waals surface area (Å²) in [6, 6.07) is 12.8. The Morgan fingerprint density at radius 3 is 2.90 bits per heavy atom. The molecule has 0 bridgehead atoms. The monoisotopic (exact) mass is 345 g/mol. The Morgan fingerprint density at radius 1 is 1.29 bits per heavy atom. The lowest BCUT2D eigenvalue weighted by Gasteiger charge is -2.03. The number of aromatic carboxylic acids is 1. The van der Waals surface area contributed by atoms with Gasteiger partial charge >= 0.3 is 5.97 Å². The summed E-state index contributed by atoms with van der Waals surface area (Å²) in [5.41, 5.74) is 2.80. The second-order valence-corrected chi connectivity index (χ2v) is 5.52. The largest absolute Gasteiger partial charge is 0.478 e. The Hall–Kier alpha value is -2.34. The standard InChI is InChI=1S/C15H12BrN3O2/c16-11-3-1-2-9(6-11)8-17-15-18-12-5-4-10(14(20)21)7-13(12)19-15/h1-7H,8H2,(H,20,21)(H2,17,18,19). The van der Waals surface area contributed by atoms with Gasteiger partial charge in [-0.1, -0.05) is 28.1 Å². The lowest BCUT2D eigenvalue weighted by Crippen LogP contribution is -2.00. The fourth-order valence-electron chi connectivity index (χ4n) is 2.06. The van der Waals surface area contributed by atoms with E-state index < -0.39 is 5.97 Å². The number of carboxylic acid groups (broad SMARTS) is 1. The van der Waals surface area contributed by atoms with E-state index in [-0.39, 0.29) is 5.56 Å². The third-order valence-electron chi connectivity index (χ3n) is 3.08. The molecule has 106 valence electrons. The van der Waals surface area contributed by atoms with Crippen molar-refractivity contribution in [1.82, 2.24) is 9.97 Å². The molecule has 5 nitrogen and oxygen atoms in total. The van der Waals surface area contributed by atoms with Crippen molar-refractivity contribution in [3.8, 4) is 0 Å². The van der Waals surface area contributed by atoms with Crippen LogP contribution in [0.15, 0.2) is 46.9 Å². The maximum Gasteiger partial charge on any atom is 0.335 e. The van der Waals surface area contributed by atoms with Gasteiger partial charge in [0.25, 0.3) is 0 Å². The maximum atomic E-state index is 10.9. The van der Waals surface area contributed by atoms with E-state index in [1.54, 1.807) is 18.2 Å². The molecule has 3 N–H and O–H groups in total. The number of aromatic amines is 1. The van der Waals surface area contributed by atoms with Crippen LogP contribution in [0.3, 0.4) is 0 Å². The molecule has 0 radical (unpaired) electrons. The van der Waals surface area contributed by atoms with Crippen molar-refractivity contribution >= 4 is 38.9 Å². The number of carbonyl (C=O) groups is 1. The second kappa shape index (κ2) is 5.57. The first-order chi connectivity index (χ1) is 10.1. The van der Waals surface area contributed by atoms with Gasteiger partial charge in [-0.3, -0.25) is 0 Å². The summed E-state index contributed by atoms with van der Waals surface area (Å²) in [7, 11) is 0. The number of carboxylic acids is 1. The lowest BCUT2D eigenvalue weighted by atomic mass is 10.2. The number of H-pyrrole nitrogens is 1. The fourth-order valence-corrected chi connectivity index (χ4v) is 2.51. The lowest BCUT2D eigenvalue weighted by molar-refractivity contribution is 0.0697. The van der Waals surface area contributed by atoms with Crippen molar-refractivity contribution < 1.29 is 9.90 Å². The Balaban J connectivity index is 1.80. The Kier molecular flexibility index (Phi) is 3.62. The molecule has 0 unspecified atom stereocenters. The van der Waals surface area contributed by atoms with Crippen LogP contribution in [0.1, 0.15) is 15.9 Å². The van der Waals surface area contributed by atoms with Crippen LogP contribution in [-0.2, 0) is 6.54 Å². The van der Waals surface area contributed by atoms with Gasteiger partial charge in [-0.25, -0.2) is 9.78 Å². The number of benzene rings is 2. The zero-order chi connectivity index (χ0) is 14.8.